The SMILES string of the molecule is C[C@H]1CC2(CCN1)OCCc1cc(N)c(Cl)cc12. The topological polar surface area (TPSA) is 47.3 Å². The molecule has 0 amide bonds. The lowest BCUT2D eigenvalue weighted by atomic mass is 9.77. The van der Waals surface area contributed by atoms with Gasteiger partial charge in [0.15, 0.2) is 0 Å². The molecule has 0 bridgehead atoms. The van der Waals surface area contributed by atoms with Gasteiger partial charge in [0.05, 0.1) is 22.9 Å². The number of nitrogen functional groups attached to an aromatic ring is 1. The lowest BCUT2D eigenvalue weighted by Crippen LogP contribution is -2.48. The van der Waals surface area contributed by atoms with Crippen LogP contribution in [0.1, 0.15) is 30.9 Å². The molecule has 0 aromatic heterocycles. The van der Waals surface area contributed by atoms with E-state index < -0.39 is 0 Å². The fraction of sp³-hybridized carbons (Fsp3) is 0.571. The summed E-state index contributed by atoms with van der Waals surface area (Å²) < 4.78 is 6.16. The third kappa shape index (κ3) is 1.91. The Balaban J connectivity index is 2.08. The predicted molar refractivity (Wildman–Crippen MR) is 73.9 cm³/mol. The maximum atomic E-state index is 6.19. The minimum atomic E-state index is -0.157. The molecule has 1 aromatic rings. The number of halogens is 1. The first-order chi connectivity index (χ1) is 8.61. The number of hydrogen-bond donors (Lipinski definition) is 2. The van der Waals surface area contributed by atoms with Gasteiger partial charge in [-0.2, -0.15) is 0 Å². The molecule has 98 valence electrons. The van der Waals surface area contributed by atoms with Crippen molar-refractivity contribution in [3.8, 4) is 0 Å². The van der Waals surface area contributed by atoms with Crippen molar-refractivity contribution in [1.82, 2.24) is 5.32 Å². The number of fused-ring (bicyclic) bond motifs is 2. The van der Waals surface area contributed by atoms with Crippen LogP contribution in [0.5, 0.6) is 0 Å². The van der Waals surface area contributed by atoms with Crippen LogP contribution in [0, 0.1) is 0 Å². The summed E-state index contributed by atoms with van der Waals surface area (Å²) >= 11 is 6.19. The zero-order chi connectivity index (χ0) is 12.8. The van der Waals surface area contributed by atoms with Crippen LogP contribution in [0.25, 0.3) is 0 Å². The zero-order valence-electron chi connectivity index (χ0n) is 10.6. The summed E-state index contributed by atoms with van der Waals surface area (Å²) in [5.74, 6) is 0. The lowest BCUT2D eigenvalue weighted by molar-refractivity contribution is -0.0878. The largest absolute Gasteiger partial charge is 0.398 e. The van der Waals surface area contributed by atoms with Crippen LogP contribution < -0.4 is 11.1 Å². The number of anilines is 1. The average molecular weight is 267 g/mol. The number of piperidine rings is 1. The smallest absolute Gasteiger partial charge is 0.0961 e. The Morgan fingerprint density at radius 1 is 1.50 bits per heavy atom. The van der Waals surface area contributed by atoms with E-state index in [0.717, 1.165) is 32.4 Å². The van der Waals surface area contributed by atoms with Gasteiger partial charge in [0, 0.05) is 6.04 Å². The van der Waals surface area contributed by atoms with Gasteiger partial charge in [-0.3, -0.25) is 0 Å². The minimum Gasteiger partial charge on any atom is -0.398 e. The molecular weight excluding hydrogens is 248 g/mol. The number of benzene rings is 1. The molecule has 1 saturated heterocycles. The molecule has 0 aliphatic carbocycles. The molecule has 18 heavy (non-hydrogen) atoms. The second-order valence-corrected chi connectivity index (χ2v) is 5.84. The molecule has 3 rings (SSSR count). The summed E-state index contributed by atoms with van der Waals surface area (Å²) in [6.07, 6.45) is 2.94. The fourth-order valence-corrected chi connectivity index (χ4v) is 3.43. The molecular formula is C14H19ClN2O. The molecule has 1 spiro atoms. The van der Waals surface area contributed by atoms with Crippen LogP contribution in [0.2, 0.25) is 5.02 Å². The molecule has 1 aromatic carbocycles. The van der Waals surface area contributed by atoms with E-state index in [1.165, 1.54) is 11.1 Å². The molecule has 3 nitrogen and oxygen atoms in total. The first kappa shape index (κ1) is 12.3. The summed E-state index contributed by atoms with van der Waals surface area (Å²) in [5, 5.41) is 4.12. The minimum absolute atomic E-state index is 0.157. The highest BCUT2D eigenvalue weighted by atomic mass is 35.5. The molecule has 2 atom stereocenters. The molecule has 2 aliphatic rings. The highest BCUT2D eigenvalue weighted by Crippen LogP contribution is 2.43. The van der Waals surface area contributed by atoms with Crippen molar-refractivity contribution in [2.75, 3.05) is 18.9 Å². The Kier molecular flexibility index (Phi) is 3.00. The number of nitrogens with two attached hydrogens (primary N) is 1. The molecule has 3 N–H and O–H groups in total. The first-order valence-corrected chi connectivity index (χ1v) is 6.94. The van der Waals surface area contributed by atoms with Crippen molar-refractivity contribution >= 4 is 17.3 Å². The van der Waals surface area contributed by atoms with E-state index in [2.05, 4.69) is 12.2 Å². The average Bonchev–Trinajstić information content (AvgIpc) is 2.32. The highest BCUT2D eigenvalue weighted by molar-refractivity contribution is 6.33. The Morgan fingerprint density at radius 3 is 3.11 bits per heavy atom. The van der Waals surface area contributed by atoms with Gasteiger partial charge in [0.2, 0.25) is 0 Å². The van der Waals surface area contributed by atoms with Crippen LogP contribution in [0.15, 0.2) is 12.1 Å². The summed E-state index contributed by atoms with van der Waals surface area (Å²) in [5.41, 5.74) is 8.98. The van der Waals surface area contributed by atoms with Gasteiger partial charge in [-0.05, 0) is 56.0 Å². The van der Waals surface area contributed by atoms with Gasteiger partial charge in [-0.1, -0.05) is 11.6 Å². The highest BCUT2D eigenvalue weighted by Gasteiger charge is 2.41. The second-order valence-electron chi connectivity index (χ2n) is 5.43. The Labute approximate surface area is 113 Å². The zero-order valence-corrected chi connectivity index (χ0v) is 11.4. The normalized spacial score (nSPS) is 31.3. The Hall–Kier alpha value is -0.770. The van der Waals surface area contributed by atoms with E-state index in [1.807, 2.05) is 12.1 Å². The maximum absolute atomic E-state index is 6.19. The van der Waals surface area contributed by atoms with Gasteiger partial charge < -0.3 is 15.8 Å². The van der Waals surface area contributed by atoms with Crippen molar-refractivity contribution in [1.29, 1.82) is 0 Å². The number of hydrogen-bond acceptors (Lipinski definition) is 3. The van der Waals surface area contributed by atoms with Crippen molar-refractivity contribution in [2.24, 2.45) is 0 Å². The van der Waals surface area contributed by atoms with Crippen LogP contribution in [-0.4, -0.2) is 19.2 Å². The molecule has 2 aliphatic heterocycles. The van der Waals surface area contributed by atoms with Gasteiger partial charge in [-0.25, -0.2) is 0 Å². The number of rotatable bonds is 0. The van der Waals surface area contributed by atoms with E-state index >= 15 is 0 Å². The van der Waals surface area contributed by atoms with E-state index in [0.29, 0.717) is 16.8 Å². The first-order valence-electron chi connectivity index (χ1n) is 6.56. The van der Waals surface area contributed by atoms with Crippen molar-refractivity contribution in [2.45, 2.75) is 37.8 Å². The molecule has 4 heteroatoms. The molecule has 0 radical (unpaired) electrons. The summed E-state index contributed by atoms with van der Waals surface area (Å²) in [7, 11) is 0. The van der Waals surface area contributed by atoms with E-state index in [9.17, 15) is 0 Å². The van der Waals surface area contributed by atoms with Gasteiger partial charge >= 0.3 is 0 Å². The molecule has 1 unspecified atom stereocenters. The number of nitrogens with one attached hydrogen (secondary N) is 1. The standard InChI is InChI=1S/C14H19ClN2O/c1-9-8-14(3-4-17-9)11-7-12(15)13(16)6-10(11)2-5-18-14/h6-7,9,17H,2-5,8,16H2,1H3/t9-,14?/m0/s1. The van der Waals surface area contributed by atoms with Gasteiger partial charge in [0.25, 0.3) is 0 Å². The van der Waals surface area contributed by atoms with Crippen LogP contribution >= 0.6 is 11.6 Å². The van der Waals surface area contributed by atoms with E-state index in [-0.39, 0.29) is 5.60 Å². The summed E-state index contributed by atoms with van der Waals surface area (Å²) in [6, 6.07) is 4.51. The molecule has 1 fully saturated rings. The van der Waals surface area contributed by atoms with Crippen molar-refractivity contribution in [3.63, 3.8) is 0 Å². The van der Waals surface area contributed by atoms with E-state index in [4.69, 9.17) is 22.1 Å². The van der Waals surface area contributed by atoms with Crippen molar-refractivity contribution in [3.05, 3.63) is 28.3 Å². The third-order valence-corrected chi connectivity index (χ3v) is 4.45. The van der Waals surface area contributed by atoms with Gasteiger partial charge in [-0.15, -0.1) is 0 Å². The molecule has 0 saturated carbocycles. The Morgan fingerprint density at radius 2 is 2.33 bits per heavy atom. The van der Waals surface area contributed by atoms with Crippen LogP contribution in [0.3, 0.4) is 0 Å². The summed E-state index contributed by atoms with van der Waals surface area (Å²) in [4.78, 5) is 0. The van der Waals surface area contributed by atoms with Crippen LogP contribution in [-0.2, 0) is 16.8 Å². The number of ether oxygens (including phenoxy) is 1. The van der Waals surface area contributed by atoms with Crippen LogP contribution in [0.4, 0.5) is 5.69 Å². The fourth-order valence-electron chi connectivity index (χ4n) is 3.27. The van der Waals surface area contributed by atoms with Gasteiger partial charge in [0.1, 0.15) is 0 Å². The monoisotopic (exact) mass is 266 g/mol. The van der Waals surface area contributed by atoms with E-state index in [1.54, 1.807) is 0 Å². The predicted octanol–water partition coefficient (Wildman–Crippen LogP) is 2.46. The Bertz CT molecular complexity index is 477. The summed E-state index contributed by atoms with van der Waals surface area (Å²) in [6.45, 7) is 3.97. The lowest BCUT2D eigenvalue weighted by Gasteiger charge is -2.44. The third-order valence-electron chi connectivity index (χ3n) is 4.12. The van der Waals surface area contributed by atoms with Crippen molar-refractivity contribution < 1.29 is 4.74 Å². The second kappa shape index (κ2) is 4.41. The quantitative estimate of drug-likeness (QED) is 0.709. The molecule has 2 heterocycles. The maximum Gasteiger partial charge on any atom is 0.0961 e.